The number of carbonyl (C=O) groups excluding carboxylic acids is 3. The number of nitrogens with one attached hydrogen (secondary N) is 1. The number of carbonyl (C=O) groups is 3. The molecule has 0 aromatic rings. The third-order valence-corrected chi connectivity index (χ3v) is 5.23. The highest BCUT2D eigenvalue weighted by Gasteiger charge is 2.45. The molecule has 2 unspecified atom stereocenters. The number of ether oxygens (including phenoxy) is 3. The number of aliphatic hydroxyl groups is 1. The maximum absolute atomic E-state index is 12.5. The maximum Gasteiger partial charge on any atom is 0.511 e. The lowest BCUT2D eigenvalue weighted by Gasteiger charge is -2.33. The van der Waals surface area contributed by atoms with Crippen molar-refractivity contribution in [2.24, 2.45) is 17.8 Å². The molecule has 1 aliphatic carbocycles. The maximum atomic E-state index is 12.5. The minimum atomic E-state index is -1.12. The van der Waals surface area contributed by atoms with Gasteiger partial charge in [-0.1, -0.05) is 26.7 Å². The van der Waals surface area contributed by atoms with Crippen molar-refractivity contribution in [2.75, 3.05) is 0 Å². The summed E-state index contributed by atoms with van der Waals surface area (Å²) in [5.74, 6) is -1.51. The number of amides is 1. The molecule has 0 aromatic heterocycles. The van der Waals surface area contributed by atoms with Crippen LogP contribution in [0.2, 0.25) is 0 Å². The van der Waals surface area contributed by atoms with Crippen molar-refractivity contribution >= 4 is 18.0 Å². The molecule has 1 fully saturated rings. The van der Waals surface area contributed by atoms with Crippen LogP contribution in [-0.2, 0) is 23.8 Å². The average Bonchev–Trinajstić information content (AvgIpc) is 2.95. The zero-order valence-corrected chi connectivity index (χ0v) is 17.8. The first kappa shape index (κ1) is 24.2. The third kappa shape index (κ3) is 6.96. The average molecular weight is 402 g/mol. The second-order valence-corrected chi connectivity index (χ2v) is 7.68. The van der Waals surface area contributed by atoms with E-state index in [2.05, 4.69) is 5.32 Å². The van der Waals surface area contributed by atoms with Crippen LogP contribution in [0.5, 0.6) is 0 Å². The first-order valence-corrected chi connectivity index (χ1v) is 10.1. The van der Waals surface area contributed by atoms with Crippen LogP contribution in [0.3, 0.4) is 0 Å². The van der Waals surface area contributed by atoms with Gasteiger partial charge in [0.2, 0.25) is 12.2 Å². The van der Waals surface area contributed by atoms with Gasteiger partial charge in [-0.2, -0.15) is 0 Å². The van der Waals surface area contributed by atoms with Crippen LogP contribution in [0.25, 0.3) is 0 Å². The summed E-state index contributed by atoms with van der Waals surface area (Å²) in [4.78, 5) is 35.6. The number of rotatable bonds is 9. The Balaban J connectivity index is 2.72. The highest BCUT2D eigenvalue weighted by atomic mass is 16.8. The van der Waals surface area contributed by atoms with Gasteiger partial charge in [-0.05, 0) is 32.6 Å². The largest absolute Gasteiger partial charge is 0.511 e. The molecule has 0 aromatic carbocycles. The van der Waals surface area contributed by atoms with Crippen molar-refractivity contribution in [3.05, 3.63) is 0 Å². The lowest BCUT2D eigenvalue weighted by molar-refractivity contribution is -0.176. The molecule has 2 N–H and O–H groups in total. The standard InChI is InChI=1S/C20H35NO7/c1-7-14(8-2)17(21-12(5)22)15-9-10-16(18(15)23)19(24)27-13(6)28-20(25)26-11(3)4/h11,13-18,23H,7-10H2,1-6H3,(H,21,22)/t13?,15-,16+,17?,18+/m1/s1. The Morgan fingerprint density at radius 1 is 1.04 bits per heavy atom. The molecular weight excluding hydrogens is 366 g/mol. The lowest BCUT2D eigenvalue weighted by Crippen LogP contribution is -2.48. The fourth-order valence-electron chi connectivity index (χ4n) is 3.90. The van der Waals surface area contributed by atoms with E-state index in [4.69, 9.17) is 14.2 Å². The van der Waals surface area contributed by atoms with Crippen LogP contribution < -0.4 is 5.32 Å². The lowest BCUT2D eigenvalue weighted by atomic mass is 9.82. The molecule has 1 saturated carbocycles. The predicted molar refractivity (Wildman–Crippen MR) is 102 cm³/mol. The van der Waals surface area contributed by atoms with Crippen LogP contribution in [-0.4, -0.2) is 47.7 Å². The van der Waals surface area contributed by atoms with Gasteiger partial charge in [0, 0.05) is 25.8 Å². The van der Waals surface area contributed by atoms with E-state index in [-0.39, 0.29) is 29.9 Å². The van der Waals surface area contributed by atoms with Crippen LogP contribution in [0.4, 0.5) is 4.79 Å². The molecule has 0 bridgehead atoms. The zero-order chi connectivity index (χ0) is 21.4. The summed E-state index contributed by atoms with van der Waals surface area (Å²) in [5, 5.41) is 13.7. The number of hydrogen-bond acceptors (Lipinski definition) is 7. The van der Waals surface area contributed by atoms with Crippen molar-refractivity contribution in [1.29, 1.82) is 0 Å². The molecule has 0 spiro atoms. The topological polar surface area (TPSA) is 111 Å². The normalized spacial score (nSPS) is 24.0. The molecule has 28 heavy (non-hydrogen) atoms. The number of aliphatic hydroxyl groups excluding tert-OH is 1. The summed E-state index contributed by atoms with van der Waals surface area (Å²) in [5.41, 5.74) is 0. The van der Waals surface area contributed by atoms with E-state index in [9.17, 15) is 19.5 Å². The highest BCUT2D eigenvalue weighted by Crippen LogP contribution is 2.38. The van der Waals surface area contributed by atoms with Crippen LogP contribution >= 0.6 is 0 Å². The van der Waals surface area contributed by atoms with E-state index < -0.39 is 30.4 Å². The molecule has 1 aliphatic rings. The fourth-order valence-corrected chi connectivity index (χ4v) is 3.90. The summed E-state index contributed by atoms with van der Waals surface area (Å²) >= 11 is 0. The predicted octanol–water partition coefficient (Wildman–Crippen LogP) is 2.77. The van der Waals surface area contributed by atoms with Gasteiger partial charge in [-0.15, -0.1) is 0 Å². The Bertz CT molecular complexity index is 533. The molecule has 5 atom stereocenters. The number of esters is 1. The second-order valence-electron chi connectivity index (χ2n) is 7.68. The molecule has 1 amide bonds. The second kappa shape index (κ2) is 11.2. The van der Waals surface area contributed by atoms with Gasteiger partial charge in [0.25, 0.3) is 0 Å². The van der Waals surface area contributed by atoms with E-state index in [1.807, 2.05) is 13.8 Å². The summed E-state index contributed by atoms with van der Waals surface area (Å²) in [6.07, 6.45) is -0.527. The van der Waals surface area contributed by atoms with E-state index in [0.717, 1.165) is 12.8 Å². The first-order chi connectivity index (χ1) is 13.1. The van der Waals surface area contributed by atoms with Gasteiger partial charge in [0.15, 0.2) is 0 Å². The van der Waals surface area contributed by atoms with Crippen molar-refractivity contribution < 1.29 is 33.7 Å². The van der Waals surface area contributed by atoms with Gasteiger partial charge in [-0.25, -0.2) is 4.79 Å². The van der Waals surface area contributed by atoms with E-state index in [1.54, 1.807) is 13.8 Å². The van der Waals surface area contributed by atoms with Crippen molar-refractivity contribution in [3.63, 3.8) is 0 Å². The quantitative estimate of drug-likeness (QED) is 0.451. The fraction of sp³-hybridized carbons (Fsp3) is 0.850. The Kier molecular flexibility index (Phi) is 9.72. The molecule has 0 aliphatic heterocycles. The molecule has 0 heterocycles. The summed E-state index contributed by atoms with van der Waals surface area (Å²) in [7, 11) is 0. The van der Waals surface area contributed by atoms with Crippen LogP contribution in [0.1, 0.15) is 67.2 Å². The molecular formula is C20H35NO7. The molecule has 162 valence electrons. The highest BCUT2D eigenvalue weighted by molar-refractivity contribution is 5.74. The minimum absolute atomic E-state index is 0.152. The molecule has 0 radical (unpaired) electrons. The monoisotopic (exact) mass is 401 g/mol. The van der Waals surface area contributed by atoms with Gasteiger partial charge in [0.1, 0.15) is 0 Å². The van der Waals surface area contributed by atoms with Gasteiger partial charge >= 0.3 is 12.1 Å². The Labute approximate surface area is 167 Å². The Hall–Kier alpha value is -1.83. The van der Waals surface area contributed by atoms with Gasteiger partial charge in [0.05, 0.1) is 18.1 Å². The summed E-state index contributed by atoms with van der Waals surface area (Å²) in [6, 6.07) is -0.199. The van der Waals surface area contributed by atoms with Crippen LogP contribution in [0.15, 0.2) is 0 Å². The van der Waals surface area contributed by atoms with Crippen molar-refractivity contribution in [1.82, 2.24) is 5.32 Å². The van der Waals surface area contributed by atoms with Crippen molar-refractivity contribution in [3.8, 4) is 0 Å². The van der Waals surface area contributed by atoms with Crippen molar-refractivity contribution in [2.45, 2.75) is 91.8 Å². The van der Waals surface area contributed by atoms with Crippen LogP contribution in [0, 0.1) is 17.8 Å². The summed E-state index contributed by atoms with van der Waals surface area (Å²) < 4.78 is 14.9. The summed E-state index contributed by atoms with van der Waals surface area (Å²) in [6.45, 7) is 10.3. The third-order valence-electron chi connectivity index (χ3n) is 5.23. The molecule has 1 rings (SSSR count). The van der Waals surface area contributed by atoms with E-state index in [1.165, 1.54) is 13.8 Å². The van der Waals surface area contributed by atoms with E-state index in [0.29, 0.717) is 12.8 Å². The molecule has 8 heteroatoms. The smallest absolute Gasteiger partial charge is 0.431 e. The number of hydrogen-bond donors (Lipinski definition) is 2. The first-order valence-electron chi connectivity index (χ1n) is 10.1. The van der Waals surface area contributed by atoms with Gasteiger partial charge < -0.3 is 24.6 Å². The van der Waals surface area contributed by atoms with Gasteiger partial charge in [-0.3, -0.25) is 9.59 Å². The molecule has 0 saturated heterocycles. The minimum Gasteiger partial charge on any atom is -0.431 e. The molecule has 8 nitrogen and oxygen atoms in total. The SMILES string of the molecule is CCC(CC)C(NC(C)=O)[C@H]1CC[C@H](C(=O)OC(C)OC(=O)OC(C)C)[C@H]1O. The van der Waals surface area contributed by atoms with E-state index >= 15 is 0 Å². The zero-order valence-electron chi connectivity index (χ0n) is 17.8. The Morgan fingerprint density at radius 2 is 1.64 bits per heavy atom. The Morgan fingerprint density at radius 3 is 2.14 bits per heavy atom.